The average Bonchev–Trinajstić information content (AvgIpc) is 2.36. The van der Waals surface area contributed by atoms with Crippen molar-refractivity contribution in [1.29, 1.82) is 0 Å². The minimum absolute atomic E-state index is 0.355. The monoisotopic (exact) mass is 172 g/mol. The maximum atomic E-state index is 10.9. The molecule has 0 amide bonds. The Morgan fingerprint density at radius 3 is 3.09 bits per heavy atom. The lowest BCUT2D eigenvalue weighted by Gasteiger charge is -1.97. The summed E-state index contributed by atoms with van der Waals surface area (Å²) in [5.41, 5.74) is 0.358. The van der Waals surface area contributed by atoms with Crippen LogP contribution in [-0.4, -0.2) is 29.9 Å². The highest BCUT2D eigenvalue weighted by Crippen LogP contribution is 1.93. The van der Waals surface area contributed by atoms with E-state index in [1.54, 1.807) is 6.92 Å². The van der Waals surface area contributed by atoms with Gasteiger partial charge in [0.1, 0.15) is 5.71 Å². The minimum Gasteiger partial charge on any atom is -0.461 e. The van der Waals surface area contributed by atoms with E-state index in [0.717, 1.165) is 0 Å². The van der Waals surface area contributed by atoms with Crippen LogP contribution in [0.5, 0.6) is 0 Å². The van der Waals surface area contributed by atoms with Crippen LogP contribution < -0.4 is 5.32 Å². The van der Waals surface area contributed by atoms with Gasteiger partial charge in [-0.15, -0.1) is 0 Å². The molecule has 0 unspecified atom stereocenters. The molecule has 0 aromatic carbocycles. The van der Waals surface area contributed by atoms with E-state index >= 15 is 0 Å². The van der Waals surface area contributed by atoms with Gasteiger partial charge in [-0.2, -0.15) is 0 Å². The molecule has 0 saturated carbocycles. The number of aliphatic imine (C=N–C) groups is 1. The summed E-state index contributed by atoms with van der Waals surface area (Å²) in [4.78, 5) is 14.7. The number of rotatable bonds is 2. The maximum Gasteiger partial charge on any atom is 0.354 e. The molecule has 1 aliphatic heterocycles. The van der Waals surface area contributed by atoms with Crippen molar-refractivity contribution >= 4 is 29.0 Å². The van der Waals surface area contributed by atoms with Gasteiger partial charge >= 0.3 is 5.97 Å². The molecule has 1 aliphatic rings. The number of esters is 1. The number of carbonyl (C=O) groups excluding carboxylic acids is 1. The third kappa shape index (κ3) is 1.98. The Hall–Kier alpha value is -0.970. The summed E-state index contributed by atoms with van der Waals surface area (Å²) < 4.78 is 4.70. The first-order valence-corrected chi connectivity index (χ1v) is 3.67. The SMILES string of the molecule is CCOC(=O)C1=NC(=S)NC1. The first-order chi connectivity index (χ1) is 5.24. The number of ether oxygens (including phenoxy) is 1. The highest BCUT2D eigenvalue weighted by atomic mass is 32.1. The molecule has 4 nitrogen and oxygen atoms in total. The third-order valence-corrected chi connectivity index (χ3v) is 1.39. The zero-order valence-electron chi connectivity index (χ0n) is 6.09. The van der Waals surface area contributed by atoms with Crippen molar-refractivity contribution < 1.29 is 9.53 Å². The van der Waals surface area contributed by atoms with Crippen LogP contribution in [-0.2, 0) is 9.53 Å². The van der Waals surface area contributed by atoms with Gasteiger partial charge < -0.3 is 10.1 Å². The van der Waals surface area contributed by atoms with Gasteiger partial charge in [0.25, 0.3) is 0 Å². The molecule has 5 heteroatoms. The van der Waals surface area contributed by atoms with E-state index in [1.807, 2.05) is 0 Å². The fourth-order valence-electron chi connectivity index (χ4n) is 0.693. The van der Waals surface area contributed by atoms with Crippen LogP contribution in [0.25, 0.3) is 0 Å². The van der Waals surface area contributed by atoms with Gasteiger partial charge in [0, 0.05) is 0 Å². The molecule has 0 aromatic rings. The van der Waals surface area contributed by atoms with Gasteiger partial charge in [0.2, 0.25) is 0 Å². The van der Waals surface area contributed by atoms with Crippen LogP contribution in [0.3, 0.4) is 0 Å². The van der Waals surface area contributed by atoms with Crippen LogP contribution in [0.15, 0.2) is 4.99 Å². The Kier molecular flexibility index (Phi) is 2.53. The lowest BCUT2D eigenvalue weighted by atomic mass is 10.4. The van der Waals surface area contributed by atoms with Gasteiger partial charge in [-0.05, 0) is 19.1 Å². The van der Waals surface area contributed by atoms with E-state index in [4.69, 9.17) is 17.0 Å². The number of hydrogen-bond donors (Lipinski definition) is 1. The molecule has 0 saturated heterocycles. The minimum atomic E-state index is -0.389. The molecular formula is C6H8N2O2S. The fraction of sp³-hybridized carbons (Fsp3) is 0.500. The number of carbonyl (C=O) groups is 1. The molecule has 0 fully saturated rings. The summed E-state index contributed by atoms with van der Waals surface area (Å²) in [6.45, 7) is 2.50. The largest absolute Gasteiger partial charge is 0.461 e. The molecule has 0 atom stereocenters. The van der Waals surface area contributed by atoms with E-state index in [9.17, 15) is 4.79 Å². The Morgan fingerprint density at radius 2 is 2.64 bits per heavy atom. The van der Waals surface area contributed by atoms with E-state index < -0.39 is 0 Å². The van der Waals surface area contributed by atoms with Crippen molar-refractivity contribution in [2.45, 2.75) is 6.92 Å². The topological polar surface area (TPSA) is 50.7 Å². The first kappa shape index (κ1) is 8.13. The van der Waals surface area contributed by atoms with Crippen molar-refractivity contribution in [3.05, 3.63) is 0 Å². The Morgan fingerprint density at radius 1 is 1.91 bits per heavy atom. The number of nitrogens with one attached hydrogen (secondary N) is 1. The summed E-state index contributed by atoms with van der Waals surface area (Å²) >= 11 is 4.69. The second-order valence-corrected chi connectivity index (χ2v) is 2.32. The number of nitrogens with zero attached hydrogens (tertiary/aromatic N) is 1. The molecule has 0 aliphatic carbocycles. The zero-order valence-corrected chi connectivity index (χ0v) is 6.90. The molecule has 11 heavy (non-hydrogen) atoms. The summed E-state index contributed by atoms with van der Waals surface area (Å²) in [7, 11) is 0. The lowest BCUT2D eigenvalue weighted by molar-refractivity contribution is -0.135. The zero-order chi connectivity index (χ0) is 8.27. The van der Waals surface area contributed by atoms with Crippen LogP contribution in [0.1, 0.15) is 6.92 Å². The van der Waals surface area contributed by atoms with Crippen LogP contribution >= 0.6 is 12.2 Å². The second-order valence-electron chi connectivity index (χ2n) is 1.94. The number of thiocarbonyl (C=S) groups is 1. The van der Waals surface area contributed by atoms with Gasteiger partial charge in [0.15, 0.2) is 5.11 Å². The predicted octanol–water partition coefficient (Wildman–Crippen LogP) is -0.121. The van der Waals surface area contributed by atoms with Crippen molar-refractivity contribution in [1.82, 2.24) is 5.32 Å². The van der Waals surface area contributed by atoms with E-state index in [-0.39, 0.29) is 5.97 Å². The second kappa shape index (κ2) is 3.43. The summed E-state index contributed by atoms with van der Waals surface area (Å²) in [5, 5.41) is 3.09. The normalized spacial score (nSPS) is 15.7. The van der Waals surface area contributed by atoms with Gasteiger partial charge in [-0.25, -0.2) is 9.79 Å². The van der Waals surface area contributed by atoms with E-state index in [1.165, 1.54) is 0 Å². The Balaban J connectivity index is 2.54. The molecule has 60 valence electrons. The average molecular weight is 172 g/mol. The molecular weight excluding hydrogens is 164 g/mol. The molecule has 1 rings (SSSR count). The van der Waals surface area contributed by atoms with Crippen molar-refractivity contribution in [3.8, 4) is 0 Å². The summed E-state index contributed by atoms with van der Waals surface area (Å²) in [6, 6.07) is 0. The quantitative estimate of drug-likeness (QED) is 0.466. The van der Waals surface area contributed by atoms with Crippen molar-refractivity contribution in [2.75, 3.05) is 13.2 Å². The maximum absolute atomic E-state index is 10.9. The van der Waals surface area contributed by atoms with E-state index in [2.05, 4.69) is 10.3 Å². The lowest BCUT2D eigenvalue weighted by Crippen LogP contribution is -2.23. The third-order valence-electron chi connectivity index (χ3n) is 1.15. The first-order valence-electron chi connectivity index (χ1n) is 3.26. The highest BCUT2D eigenvalue weighted by molar-refractivity contribution is 7.80. The van der Waals surface area contributed by atoms with E-state index in [0.29, 0.717) is 24.0 Å². The smallest absolute Gasteiger partial charge is 0.354 e. The highest BCUT2D eigenvalue weighted by Gasteiger charge is 2.18. The molecule has 1 N–H and O–H groups in total. The molecule has 0 bridgehead atoms. The molecule has 0 spiro atoms. The van der Waals surface area contributed by atoms with Crippen LogP contribution in [0.2, 0.25) is 0 Å². The summed E-state index contributed by atoms with van der Waals surface area (Å²) in [6.07, 6.45) is 0. The Labute approximate surface area is 69.6 Å². The predicted molar refractivity (Wildman–Crippen MR) is 44.7 cm³/mol. The standard InChI is InChI=1S/C6H8N2O2S/c1-2-10-5(9)4-3-7-6(11)8-4/h2-3H2,1H3,(H,7,11). The summed E-state index contributed by atoms with van der Waals surface area (Å²) in [5.74, 6) is -0.389. The van der Waals surface area contributed by atoms with Gasteiger partial charge in [-0.1, -0.05) is 0 Å². The number of hydrogen-bond acceptors (Lipinski definition) is 3. The van der Waals surface area contributed by atoms with Crippen molar-refractivity contribution in [3.63, 3.8) is 0 Å². The van der Waals surface area contributed by atoms with Crippen molar-refractivity contribution in [2.24, 2.45) is 4.99 Å². The van der Waals surface area contributed by atoms with Gasteiger partial charge in [0.05, 0.1) is 13.2 Å². The molecule has 0 radical (unpaired) electrons. The van der Waals surface area contributed by atoms with Crippen LogP contribution in [0.4, 0.5) is 0 Å². The van der Waals surface area contributed by atoms with Gasteiger partial charge in [-0.3, -0.25) is 0 Å². The van der Waals surface area contributed by atoms with Crippen LogP contribution in [0, 0.1) is 0 Å². The molecule has 0 aromatic heterocycles. The molecule has 1 heterocycles. The Bertz CT molecular complexity index is 225. The fourth-order valence-corrected chi connectivity index (χ4v) is 0.876.